The molecule has 0 unspecified atom stereocenters. The number of amides is 1. The van der Waals surface area contributed by atoms with Crippen LogP contribution < -0.4 is 19.9 Å². The maximum atomic E-state index is 13.5. The van der Waals surface area contributed by atoms with Crippen LogP contribution >= 0.6 is 0 Å². The summed E-state index contributed by atoms with van der Waals surface area (Å²) in [6.07, 6.45) is 2.31. The summed E-state index contributed by atoms with van der Waals surface area (Å²) in [5, 5.41) is 2.70. The van der Waals surface area contributed by atoms with Crippen molar-refractivity contribution in [1.29, 1.82) is 0 Å². The Balaban J connectivity index is 1.18. The maximum Gasteiger partial charge on any atom is 0.298 e. The molecule has 2 aliphatic heterocycles. The van der Waals surface area contributed by atoms with Gasteiger partial charge in [0.2, 0.25) is 5.95 Å². The first kappa shape index (κ1) is 25.5. The Kier molecular flexibility index (Phi) is 6.41. The van der Waals surface area contributed by atoms with E-state index in [9.17, 15) is 18.4 Å². The van der Waals surface area contributed by atoms with Gasteiger partial charge in [-0.1, -0.05) is 12.1 Å². The molecule has 0 aliphatic carbocycles. The van der Waals surface area contributed by atoms with Gasteiger partial charge in [-0.15, -0.1) is 0 Å². The summed E-state index contributed by atoms with van der Waals surface area (Å²) in [7, 11) is 1.72. The van der Waals surface area contributed by atoms with Crippen LogP contribution in [0.2, 0.25) is 0 Å². The zero-order chi connectivity index (χ0) is 28.0. The Morgan fingerprint density at radius 2 is 1.75 bits per heavy atom. The standard InChI is InChI=1S/C29H26F2N6O3/c1-17-11-23(18-3-5-19(30)6-4-18)26(35(17)2)27(38)28(39)34-21-7-8-24-25(12-21)40-16-22-15-36(9-10-37(22)24)29-32-13-20(31)14-33-29/h3-8,11-14,22H,9-10,15-16H2,1-2H3,(H,34,39)/t22-/m1/s1. The predicted octanol–water partition coefficient (Wildman–Crippen LogP) is 3.98. The molecule has 1 amide bonds. The molecule has 9 nitrogen and oxygen atoms in total. The van der Waals surface area contributed by atoms with Crippen LogP contribution in [0.15, 0.2) is 60.9 Å². The van der Waals surface area contributed by atoms with Crippen molar-refractivity contribution < 1.29 is 23.1 Å². The van der Waals surface area contributed by atoms with Crippen molar-refractivity contribution in [3.63, 3.8) is 0 Å². The summed E-state index contributed by atoms with van der Waals surface area (Å²) in [5.41, 5.74) is 3.54. The van der Waals surface area contributed by atoms with Crippen molar-refractivity contribution >= 4 is 29.0 Å². The van der Waals surface area contributed by atoms with Crippen molar-refractivity contribution in [2.45, 2.75) is 13.0 Å². The van der Waals surface area contributed by atoms with E-state index < -0.39 is 17.5 Å². The van der Waals surface area contributed by atoms with E-state index in [4.69, 9.17) is 4.74 Å². The Bertz CT molecular complexity index is 1600. The van der Waals surface area contributed by atoms with Gasteiger partial charge in [0, 0.05) is 49.7 Å². The number of piperazine rings is 1. The molecule has 4 aromatic rings. The Morgan fingerprint density at radius 3 is 2.50 bits per heavy atom. The fraction of sp³-hybridized carbons (Fsp3) is 0.241. The number of fused-ring (bicyclic) bond motifs is 3. The van der Waals surface area contributed by atoms with Crippen molar-refractivity contribution in [2.75, 3.05) is 41.4 Å². The second-order valence-electron chi connectivity index (χ2n) is 9.89. The molecule has 2 aromatic heterocycles. The van der Waals surface area contributed by atoms with E-state index in [0.717, 1.165) is 23.8 Å². The summed E-state index contributed by atoms with van der Waals surface area (Å²) < 4.78 is 34.4. The average Bonchev–Trinajstić information content (AvgIpc) is 3.26. The number of ketones is 1. The molecule has 4 heterocycles. The molecule has 1 N–H and O–H groups in total. The van der Waals surface area contributed by atoms with Gasteiger partial charge in [0.25, 0.3) is 11.7 Å². The maximum absolute atomic E-state index is 13.5. The van der Waals surface area contributed by atoms with Crippen LogP contribution in [-0.2, 0) is 11.8 Å². The second-order valence-corrected chi connectivity index (χ2v) is 9.89. The number of Topliss-reactive ketones (excluding diaryl/α,β-unsaturated/α-hetero) is 1. The molecule has 2 aromatic carbocycles. The monoisotopic (exact) mass is 544 g/mol. The molecule has 204 valence electrons. The topological polar surface area (TPSA) is 92.6 Å². The Labute approximate surface area is 229 Å². The number of nitrogens with zero attached hydrogens (tertiary/aromatic N) is 5. The number of anilines is 3. The van der Waals surface area contributed by atoms with Gasteiger partial charge in [-0.05, 0) is 42.8 Å². The highest BCUT2D eigenvalue weighted by Gasteiger charge is 2.34. The minimum absolute atomic E-state index is 0.0439. The third kappa shape index (κ3) is 4.63. The van der Waals surface area contributed by atoms with Gasteiger partial charge in [0.15, 0.2) is 5.82 Å². The quantitative estimate of drug-likeness (QED) is 0.300. The molecule has 0 spiro atoms. The smallest absolute Gasteiger partial charge is 0.298 e. The fourth-order valence-electron chi connectivity index (χ4n) is 5.25. The van der Waals surface area contributed by atoms with Crippen LogP contribution in [0.5, 0.6) is 5.75 Å². The molecule has 1 atom stereocenters. The lowest BCUT2D eigenvalue weighted by atomic mass is 10.0. The SMILES string of the molecule is Cc1cc(-c2ccc(F)cc2)c(C(=O)C(=O)Nc2ccc3c(c2)OC[C@H]2CN(c4ncc(F)cn4)CCN32)n1C. The number of rotatable bonds is 5. The number of benzene rings is 2. The molecule has 0 radical (unpaired) electrons. The van der Waals surface area contributed by atoms with Crippen molar-refractivity contribution in [3.05, 3.63) is 83.9 Å². The highest BCUT2D eigenvalue weighted by molar-refractivity contribution is 6.47. The summed E-state index contributed by atoms with van der Waals surface area (Å²) >= 11 is 0. The molecule has 2 aliphatic rings. The summed E-state index contributed by atoms with van der Waals surface area (Å²) in [4.78, 5) is 38.8. The zero-order valence-electron chi connectivity index (χ0n) is 21.9. The number of ether oxygens (including phenoxy) is 1. The van der Waals surface area contributed by atoms with Crippen molar-refractivity contribution in [2.24, 2.45) is 7.05 Å². The van der Waals surface area contributed by atoms with Crippen LogP contribution in [0.25, 0.3) is 11.1 Å². The average molecular weight is 545 g/mol. The van der Waals surface area contributed by atoms with Gasteiger partial charge in [-0.3, -0.25) is 9.59 Å². The lowest BCUT2D eigenvalue weighted by Crippen LogP contribution is -2.57. The molecule has 40 heavy (non-hydrogen) atoms. The first-order valence-electron chi connectivity index (χ1n) is 12.8. The number of hydrogen-bond donors (Lipinski definition) is 1. The third-order valence-corrected chi connectivity index (χ3v) is 7.38. The van der Waals surface area contributed by atoms with Crippen LogP contribution in [0, 0.1) is 18.6 Å². The van der Waals surface area contributed by atoms with Gasteiger partial charge >= 0.3 is 0 Å². The number of hydrogen-bond acceptors (Lipinski definition) is 7. The van der Waals surface area contributed by atoms with Gasteiger partial charge < -0.3 is 24.4 Å². The van der Waals surface area contributed by atoms with Gasteiger partial charge in [-0.2, -0.15) is 0 Å². The van der Waals surface area contributed by atoms with Gasteiger partial charge in [0.1, 0.15) is 23.9 Å². The van der Waals surface area contributed by atoms with Gasteiger partial charge in [0.05, 0.1) is 24.1 Å². The van der Waals surface area contributed by atoms with Crippen LogP contribution in [0.3, 0.4) is 0 Å². The summed E-state index contributed by atoms with van der Waals surface area (Å²) in [6.45, 7) is 4.20. The zero-order valence-corrected chi connectivity index (χ0v) is 21.9. The highest BCUT2D eigenvalue weighted by atomic mass is 19.1. The molecule has 0 bridgehead atoms. The molecular formula is C29H26F2N6O3. The van der Waals surface area contributed by atoms with Crippen LogP contribution in [0.1, 0.15) is 16.2 Å². The number of aryl methyl sites for hydroxylation is 1. The lowest BCUT2D eigenvalue weighted by Gasteiger charge is -2.45. The van der Waals surface area contributed by atoms with E-state index in [2.05, 4.69) is 20.2 Å². The fourth-order valence-corrected chi connectivity index (χ4v) is 5.25. The van der Waals surface area contributed by atoms with Gasteiger partial charge in [-0.25, -0.2) is 18.7 Å². The number of carbonyl (C=O) groups excluding carboxylic acids is 2. The molecule has 11 heteroatoms. The first-order chi connectivity index (χ1) is 19.3. The van der Waals surface area contributed by atoms with Crippen molar-refractivity contribution in [3.8, 4) is 16.9 Å². The van der Waals surface area contributed by atoms with Crippen LogP contribution in [-0.4, -0.2) is 58.5 Å². The minimum atomic E-state index is -0.786. The Morgan fingerprint density at radius 1 is 1.00 bits per heavy atom. The van der Waals surface area contributed by atoms with E-state index >= 15 is 0 Å². The molecular weight excluding hydrogens is 518 g/mol. The second kappa shape index (κ2) is 10.1. The normalized spacial score (nSPS) is 16.1. The number of aromatic nitrogens is 3. The van der Waals surface area contributed by atoms with Crippen LogP contribution in [0.4, 0.5) is 26.1 Å². The van der Waals surface area contributed by atoms with Crippen molar-refractivity contribution in [1.82, 2.24) is 14.5 Å². The highest BCUT2D eigenvalue weighted by Crippen LogP contribution is 2.38. The third-order valence-electron chi connectivity index (χ3n) is 7.38. The first-order valence-corrected chi connectivity index (χ1v) is 12.8. The van der Waals surface area contributed by atoms with E-state index in [0.29, 0.717) is 54.8 Å². The predicted molar refractivity (Wildman–Crippen MR) is 146 cm³/mol. The Hall–Kier alpha value is -4.80. The number of nitrogens with one attached hydrogen (secondary N) is 1. The largest absolute Gasteiger partial charge is 0.489 e. The molecule has 6 rings (SSSR count). The van der Waals surface area contributed by atoms with E-state index in [-0.39, 0.29) is 17.6 Å². The molecule has 0 saturated carbocycles. The minimum Gasteiger partial charge on any atom is -0.489 e. The lowest BCUT2D eigenvalue weighted by molar-refractivity contribution is -0.112. The molecule has 1 fully saturated rings. The number of halogens is 2. The summed E-state index contributed by atoms with van der Waals surface area (Å²) in [6, 6.07) is 13.0. The van der Waals surface area contributed by atoms with E-state index in [1.807, 2.05) is 17.9 Å². The molecule has 1 saturated heterocycles. The summed E-state index contributed by atoms with van der Waals surface area (Å²) in [5.74, 6) is -1.26. The van der Waals surface area contributed by atoms with E-state index in [1.165, 1.54) is 12.1 Å². The van der Waals surface area contributed by atoms with E-state index in [1.54, 1.807) is 41.9 Å². The number of carbonyl (C=O) groups is 2.